The molecule has 0 radical (unpaired) electrons. The number of halogens is 1. The molecule has 1 atom stereocenters. The third-order valence-electron chi connectivity index (χ3n) is 3.83. The Bertz CT molecular complexity index is 934. The molecule has 0 unspecified atom stereocenters. The van der Waals surface area contributed by atoms with Crippen molar-refractivity contribution in [3.8, 4) is 0 Å². The van der Waals surface area contributed by atoms with Crippen LogP contribution in [0.5, 0.6) is 0 Å². The highest BCUT2D eigenvalue weighted by molar-refractivity contribution is 7.18. The van der Waals surface area contributed by atoms with Crippen LogP contribution in [0.3, 0.4) is 0 Å². The molecule has 134 valence electrons. The van der Waals surface area contributed by atoms with Crippen molar-refractivity contribution in [1.82, 2.24) is 5.32 Å². The maximum Gasteiger partial charge on any atom is 0.291 e. The van der Waals surface area contributed by atoms with Crippen LogP contribution >= 0.6 is 22.9 Å². The van der Waals surface area contributed by atoms with Crippen molar-refractivity contribution in [2.45, 2.75) is 19.9 Å². The largest absolute Gasteiger partial charge is 0.459 e. The van der Waals surface area contributed by atoms with Gasteiger partial charge in [-0.2, -0.15) is 0 Å². The predicted octanol–water partition coefficient (Wildman–Crippen LogP) is 5.05. The first kappa shape index (κ1) is 18.2. The lowest BCUT2D eigenvalue weighted by molar-refractivity contribution is 0.0942. The number of anilines is 1. The van der Waals surface area contributed by atoms with Gasteiger partial charge in [0.25, 0.3) is 11.8 Å². The Balaban J connectivity index is 1.71. The molecular formula is C19H17ClN2O3S. The fraction of sp³-hybridized carbons (Fsp3) is 0.158. The van der Waals surface area contributed by atoms with Gasteiger partial charge in [-0.15, -0.1) is 11.3 Å². The number of carbonyl (C=O) groups excluding carboxylic acids is 2. The summed E-state index contributed by atoms with van der Waals surface area (Å²) in [6.07, 6.45) is 1.43. The molecule has 26 heavy (non-hydrogen) atoms. The Morgan fingerprint density at radius 2 is 1.92 bits per heavy atom. The molecule has 0 saturated heterocycles. The summed E-state index contributed by atoms with van der Waals surface area (Å²) in [7, 11) is 0. The molecule has 2 heterocycles. The quantitative estimate of drug-likeness (QED) is 0.642. The highest BCUT2D eigenvalue weighted by Gasteiger charge is 2.19. The van der Waals surface area contributed by atoms with Crippen LogP contribution in [0, 0.1) is 6.92 Å². The van der Waals surface area contributed by atoms with Crippen LogP contribution in [0.25, 0.3) is 0 Å². The van der Waals surface area contributed by atoms with Crippen molar-refractivity contribution in [2.24, 2.45) is 0 Å². The summed E-state index contributed by atoms with van der Waals surface area (Å²) < 4.78 is 5.07. The molecule has 2 N–H and O–H groups in total. The zero-order valence-corrected chi connectivity index (χ0v) is 15.8. The van der Waals surface area contributed by atoms with Gasteiger partial charge in [-0.25, -0.2) is 0 Å². The molecule has 1 aromatic carbocycles. The average molecular weight is 389 g/mol. The number of hydrogen-bond donors (Lipinski definition) is 2. The number of benzene rings is 1. The maximum atomic E-state index is 12.6. The Labute approximate surface area is 160 Å². The normalized spacial score (nSPS) is 11.8. The second kappa shape index (κ2) is 7.76. The lowest BCUT2D eigenvalue weighted by Crippen LogP contribution is -2.26. The number of furan rings is 1. The molecule has 0 fully saturated rings. The molecule has 2 amide bonds. The van der Waals surface area contributed by atoms with Crippen molar-refractivity contribution in [3.05, 3.63) is 75.5 Å². The highest BCUT2D eigenvalue weighted by atomic mass is 35.5. The van der Waals surface area contributed by atoms with E-state index in [1.807, 2.05) is 32.0 Å². The van der Waals surface area contributed by atoms with E-state index in [1.165, 1.54) is 17.6 Å². The minimum atomic E-state index is -0.354. The van der Waals surface area contributed by atoms with Gasteiger partial charge in [0, 0.05) is 5.02 Å². The third kappa shape index (κ3) is 3.98. The van der Waals surface area contributed by atoms with E-state index >= 15 is 0 Å². The van der Waals surface area contributed by atoms with Gasteiger partial charge in [0.15, 0.2) is 5.76 Å². The average Bonchev–Trinajstić information content (AvgIpc) is 3.25. The molecule has 0 aliphatic rings. The second-order valence-corrected chi connectivity index (χ2v) is 7.23. The van der Waals surface area contributed by atoms with Crippen LogP contribution in [0.15, 0.2) is 53.1 Å². The molecule has 0 aliphatic carbocycles. The summed E-state index contributed by atoms with van der Waals surface area (Å²) >= 11 is 7.40. The van der Waals surface area contributed by atoms with E-state index < -0.39 is 0 Å². The Hall–Kier alpha value is -2.57. The highest BCUT2D eigenvalue weighted by Crippen LogP contribution is 2.28. The van der Waals surface area contributed by atoms with Crippen LogP contribution in [-0.2, 0) is 0 Å². The molecule has 0 saturated carbocycles. The number of rotatable bonds is 5. The van der Waals surface area contributed by atoms with Crippen LogP contribution < -0.4 is 10.6 Å². The molecule has 0 bridgehead atoms. The molecule has 3 rings (SSSR count). The number of amides is 2. The third-order valence-corrected chi connectivity index (χ3v) is 5.32. The Kier molecular flexibility index (Phi) is 5.44. The minimum absolute atomic E-state index is 0.210. The second-order valence-electron chi connectivity index (χ2n) is 5.77. The molecular weight excluding hydrogens is 372 g/mol. The summed E-state index contributed by atoms with van der Waals surface area (Å²) in [4.78, 5) is 25.2. The number of thiophene rings is 1. The van der Waals surface area contributed by atoms with Crippen molar-refractivity contribution < 1.29 is 14.0 Å². The standard InChI is InChI=1S/C19H17ClN2O3S/c1-11-10-16(22-18(23)15-8-5-9-25-15)26-17(11)19(24)21-12(2)13-6-3-4-7-14(13)20/h3-10,12H,1-2H3,(H,21,24)(H,22,23)/t12-/m1/s1. The summed E-state index contributed by atoms with van der Waals surface area (Å²) in [5, 5.41) is 6.87. The van der Waals surface area contributed by atoms with E-state index in [-0.39, 0.29) is 23.6 Å². The van der Waals surface area contributed by atoms with Crippen molar-refractivity contribution in [3.63, 3.8) is 0 Å². The molecule has 7 heteroatoms. The summed E-state index contributed by atoms with van der Waals surface area (Å²) in [5.41, 5.74) is 1.64. The lowest BCUT2D eigenvalue weighted by Gasteiger charge is -2.15. The summed E-state index contributed by atoms with van der Waals surface area (Å²) in [6.45, 7) is 3.70. The van der Waals surface area contributed by atoms with Gasteiger partial charge in [0.1, 0.15) is 0 Å². The molecule has 0 aliphatic heterocycles. The maximum absolute atomic E-state index is 12.6. The van der Waals surface area contributed by atoms with Gasteiger partial charge in [-0.05, 0) is 49.2 Å². The number of nitrogens with one attached hydrogen (secondary N) is 2. The van der Waals surface area contributed by atoms with Crippen LogP contribution in [0.1, 0.15) is 44.3 Å². The van der Waals surface area contributed by atoms with E-state index in [9.17, 15) is 9.59 Å². The van der Waals surface area contributed by atoms with Gasteiger partial charge in [0.2, 0.25) is 0 Å². The fourth-order valence-electron chi connectivity index (χ4n) is 2.52. The molecule has 5 nitrogen and oxygen atoms in total. The van der Waals surface area contributed by atoms with E-state index in [1.54, 1.807) is 24.3 Å². The van der Waals surface area contributed by atoms with Crippen molar-refractivity contribution in [1.29, 1.82) is 0 Å². The Morgan fingerprint density at radius 1 is 1.15 bits per heavy atom. The zero-order valence-electron chi connectivity index (χ0n) is 14.2. The topological polar surface area (TPSA) is 71.3 Å². The number of carbonyl (C=O) groups is 2. The van der Waals surface area contributed by atoms with E-state index in [2.05, 4.69) is 10.6 Å². The van der Waals surface area contributed by atoms with Crippen LogP contribution in [0.4, 0.5) is 5.00 Å². The van der Waals surface area contributed by atoms with Gasteiger partial charge in [0.05, 0.1) is 22.2 Å². The Morgan fingerprint density at radius 3 is 2.62 bits per heavy atom. The first-order valence-corrected chi connectivity index (χ1v) is 9.15. The van der Waals surface area contributed by atoms with Gasteiger partial charge in [-0.3, -0.25) is 9.59 Å². The van der Waals surface area contributed by atoms with Crippen LogP contribution in [0.2, 0.25) is 5.02 Å². The number of aryl methyl sites for hydroxylation is 1. The van der Waals surface area contributed by atoms with Crippen LogP contribution in [-0.4, -0.2) is 11.8 Å². The zero-order chi connectivity index (χ0) is 18.7. The first-order chi connectivity index (χ1) is 12.5. The van der Waals surface area contributed by atoms with Gasteiger partial charge in [-0.1, -0.05) is 29.8 Å². The number of hydrogen-bond acceptors (Lipinski definition) is 4. The predicted molar refractivity (Wildman–Crippen MR) is 103 cm³/mol. The summed E-state index contributed by atoms with van der Waals surface area (Å²) in [5.74, 6) is -0.347. The van der Waals surface area contributed by atoms with Crippen molar-refractivity contribution >= 4 is 39.8 Å². The molecule has 2 aromatic heterocycles. The van der Waals surface area contributed by atoms with Crippen molar-refractivity contribution in [2.75, 3.05) is 5.32 Å². The first-order valence-electron chi connectivity index (χ1n) is 7.96. The van der Waals surface area contributed by atoms with E-state index in [4.69, 9.17) is 16.0 Å². The summed E-state index contributed by atoms with van der Waals surface area (Å²) in [6, 6.07) is 12.1. The van der Waals surface area contributed by atoms with E-state index in [0.717, 1.165) is 11.1 Å². The van der Waals surface area contributed by atoms with E-state index in [0.29, 0.717) is 14.9 Å². The minimum Gasteiger partial charge on any atom is -0.459 e. The smallest absolute Gasteiger partial charge is 0.291 e. The monoisotopic (exact) mass is 388 g/mol. The van der Waals surface area contributed by atoms with Gasteiger partial charge < -0.3 is 15.1 Å². The molecule has 0 spiro atoms. The fourth-order valence-corrected chi connectivity index (χ4v) is 3.79. The molecule has 3 aromatic rings. The SMILES string of the molecule is Cc1cc(NC(=O)c2ccco2)sc1C(=O)N[C@H](C)c1ccccc1Cl. The lowest BCUT2D eigenvalue weighted by atomic mass is 10.1. The van der Waals surface area contributed by atoms with Gasteiger partial charge >= 0.3 is 0 Å².